The molecule has 0 saturated heterocycles. The molecule has 0 aliphatic heterocycles. The zero-order valence-electron chi connectivity index (χ0n) is 12.9. The van der Waals surface area contributed by atoms with E-state index in [9.17, 15) is 5.11 Å². The number of aliphatic carboxylic acids is 2. The van der Waals surface area contributed by atoms with E-state index in [0.29, 0.717) is 24.0 Å². The molecule has 0 aliphatic carbocycles. The summed E-state index contributed by atoms with van der Waals surface area (Å²) in [4.78, 5) is 18.2. The molecular formula is C14H22N2O7. The molecular weight excluding hydrogens is 308 g/mol. The van der Waals surface area contributed by atoms with Crippen molar-refractivity contribution >= 4 is 17.6 Å². The van der Waals surface area contributed by atoms with Gasteiger partial charge in [0.15, 0.2) is 0 Å². The summed E-state index contributed by atoms with van der Waals surface area (Å²) in [6, 6.07) is 7.17. The Labute approximate surface area is 133 Å². The van der Waals surface area contributed by atoms with E-state index in [0.717, 1.165) is 0 Å². The molecule has 1 rings (SSSR count). The molecule has 9 heteroatoms. The van der Waals surface area contributed by atoms with Gasteiger partial charge in [-0.05, 0) is 24.3 Å². The number of carboxylic acid groups (broad SMARTS) is 2. The lowest BCUT2D eigenvalue weighted by molar-refractivity contribution is -0.159. The first-order chi connectivity index (χ1) is 10.8. The molecule has 23 heavy (non-hydrogen) atoms. The number of aliphatic hydroxyl groups excluding tert-OH is 1. The van der Waals surface area contributed by atoms with Crippen molar-refractivity contribution in [2.45, 2.75) is 26.0 Å². The van der Waals surface area contributed by atoms with Gasteiger partial charge >= 0.3 is 11.9 Å². The van der Waals surface area contributed by atoms with Crippen molar-refractivity contribution in [3.63, 3.8) is 0 Å². The average Bonchev–Trinajstić information content (AvgIpc) is 2.51. The van der Waals surface area contributed by atoms with Crippen LogP contribution >= 0.6 is 0 Å². The molecule has 0 aromatic heterocycles. The summed E-state index contributed by atoms with van der Waals surface area (Å²) in [6.07, 6.45) is -0.534. The van der Waals surface area contributed by atoms with Crippen LogP contribution in [-0.4, -0.2) is 57.8 Å². The van der Waals surface area contributed by atoms with E-state index >= 15 is 0 Å². The third-order valence-corrected chi connectivity index (χ3v) is 2.37. The minimum atomic E-state index is -1.82. The lowest BCUT2D eigenvalue weighted by atomic mass is 10.3. The third kappa shape index (κ3) is 10.9. The minimum absolute atomic E-state index is 0.242. The Bertz CT molecular complexity index is 465. The zero-order chi connectivity index (χ0) is 17.8. The summed E-state index contributed by atoms with van der Waals surface area (Å²) >= 11 is 0. The van der Waals surface area contributed by atoms with Crippen molar-refractivity contribution in [1.29, 1.82) is 0 Å². The van der Waals surface area contributed by atoms with Crippen molar-refractivity contribution in [3.05, 3.63) is 24.3 Å². The first-order valence-corrected chi connectivity index (χ1v) is 6.76. The molecule has 0 fully saturated rings. The summed E-state index contributed by atoms with van der Waals surface area (Å²) in [5.74, 6) is -2.99. The standard InChI is InChI=1S/C12H20N2O3.C2H2O4/c1-9(2)13-7-11(15)8-17-12-5-3-10(14-16)4-6-12;3-1(4)2(5)6/h3-6,9,11,13-16H,7-8H2,1-2H3;(H,3,4)(H,5,6). The topological polar surface area (TPSA) is 148 Å². The van der Waals surface area contributed by atoms with E-state index in [1.165, 1.54) is 0 Å². The van der Waals surface area contributed by atoms with E-state index in [4.69, 9.17) is 29.7 Å². The SMILES string of the molecule is CC(C)NCC(O)COc1ccc(NO)cc1.O=C(O)C(=O)O. The van der Waals surface area contributed by atoms with Crippen molar-refractivity contribution < 1.29 is 34.9 Å². The van der Waals surface area contributed by atoms with Crippen LogP contribution in [0, 0.1) is 0 Å². The molecule has 0 heterocycles. The molecule has 1 aromatic carbocycles. The summed E-state index contributed by atoms with van der Waals surface area (Å²) in [5, 5.41) is 36.2. The van der Waals surface area contributed by atoms with Gasteiger partial charge in [-0.15, -0.1) is 0 Å². The number of hydrogen-bond acceptors (Lipinski definition) is 7. The van der Waals surface area contributed by atoms with Gasteiger partial charge in [0.25, 0.3) is 0 Å². The van der Waals surface area contributed by atoms with Gasteiger partial charge in [0.2, 0.25) is 0 Å². The van der Waals surface area contributed by atoms with Crippen molar-refractivity contribution in [1.82, 2.24) is 5.32 Å². The number of aliphatic hydroxyl groups is 1. The molecule has 130 valence electrons. The quantitative estimate of drug-likeness (QED) is 0.308. The normalized spacial score (nSPS) is 11.2. The molecule has 9 nitrogen and oxygen atoms in total. The first-order valence-electron chi connectivity index (χ1n) is 6.76. The van der Waals surface area contributed by atoms with Gasteiger partial charge in [0.05, 0.1) is 5.69 Å². The van der Waals surface area contributed by atoms with Crippen LogP contribution in [0.3, 0.4) is 0 Å². The lowest BCUT2D eigenvalue weighted by Crippen LogP contribution is -2.35. The molecule has 1 unspecified atom stereocenters. The Balaban J connectivity index is 0.000000688. The van der Waals surface area contributed by atoms with Gasteiger partial charge in [-0.3, -0.25) is 10.7 Å². The van der Waals surface area contributed by atoms with E-state index in [1.54, 1.807) is 24.3 Å². The highest BCUT2D eigenvalue weighted by atomic mass is 16.5. The molecule has 0 saturated carbocycles. The summed E-state index contributed by atoms with van der Waals surface area (Å²) in [5.41, 5.74) is 2.63. The Morgan fingerprint density at radius 2 is 1.65 bits per heavy atom. The Morgan fingerprint density at radius 3 is 2.04 bits per heavy atom. The van der Waals surface area contributed by atoms with Gasteiger partial charge < -0.3 is 25.4 Å². The van der Waals surface area contributed by atoms with Crippen molar-refractivity contribution in [2.24, 2.45) is 0 Å². The molecule has 0 spiro atoms. The maximum Gasteiger partial charge on any atom is 0.414 e. The van der Waals surface area contributed by atoms with Crippen LogP contribution in [0.4, 0.5) is 5.69 Å². The minimum Gasteiger partial charge on any atom is -0.491 e. The van der Waals surface area contributed by atoms with Gasteiger partial charge in [-0.1, -0.05) is 13.8 Å². The molecule has 1 aromatic rings. The van der Waals surface area contributed by atoms with E-state index in [2.05, 4.69) is 5.32 Å². The molecule has 6 N–H and O–H groups in total. The number of ether oxygens (including phenoxy) is 1. The van der Waals surface area contributed by atoms with Crippen LogP contribution in [-0.2, 0) is 9.59 Å². The number of hydrogen-bond donors (Lipinski definition) is 6. The van der Waals surface area contributed by atoms with Gasteiger partial charge in [0.1, 0.15) is 18.5 Å². The Kier molecular flexibility index (Phi) is 10.1. The zero-order valence-corrected chi connectivity index (χ0v) is 12.9. The average molecular weight is 330 g/mol. The van der Waals surface area contributed by atoms with Crippen LogP contribution in [0.15, 0.2) is 24.3 Å². The Morgan fingerprint density at radius 1 is 1.13 bits per heavy atom. The number of nitrogens with one attached hydrogen (secondary N) is 2. The summed E-state index contributed by atoms with van der Waals surface area (Å²) in [6.45, 7) is 4.79. The number of anilines is 1. The molecule has 1 atom stereocenters. The monoisotopic (exact) mass is 330 g/mol. The lowest BCUT2D eigenvalue weighted by Gasteiger charge is -2.15. The second-order valence-electron chi connectivity index (χ2n) is 4.77. The maximum absolute atomic E-state index is 9.62. The number of carbonyl (C=O) groups is 2. The number of benzene rings is 1. The first kappa shape index (κ1) is 20.6. The Hall–Kier alpha value is -2.36. The van der Waals surface area contributed by atoms with E-state index in [1.807, 2.05) is 19.3 Å². The van der Waals surface area contributed by atoms with Crippen LogP contribution < -0.4 is 15.5 Å². The van der Waals surface area contributed by atoms with E-state index < -0.39 is 18.0 Å². The van der Waals surface area contributed by atoms with Crippen LogP contribution in [0.1, 0.15) is 13.8 Å². The highest BCUT2D eigenvalue weighted by Gasteiger charge is 2.06. The van der Waals surface area contributed by atoms with Crippen LogP contribution in [0.5, 0.6) is 5.75 Å². The van der Waals surface area contributed by atoms with Crippen molar-refractivity contribution in [3.8, 4) is 5.75 Å². The maximum atomic E-state index is 9.62. The highest BCUT2D eigenvalue weighted by molar-refractivity contribution is 6.27. The summed E-state index contributed by atoms with van der Waals surface area (Å²) in [7, 11) is 0. The van der Waals surface area contributed by atoms with Crippen LogP contribution in [0.25, 0.3) is 0 Å². The van der Waals surface area contributed by atoms with Gasteiger partial charge in [-0.2, -0.15) is 0 Å². The van der Waals surface area contributed by atoms with Crippen LogP contribution in [0.2, 0.25) is 0 Å². The predicted molar refractivity (Wildman–Crippen MR) is 81.8 cm³/mol. The smallest absolute Gasteiger partial charge is 0.414 e. The second kappa shape index (κ2) is 11.2. The van der Waals surface area contributed by atoms with E-state index in [-0.39, 0.29) is 6.61 Å². The molecule has 0 aliphatic rings. The fraction of sp³-hybridized carbons (Fsp3) is 0.429. The second-order valence-corrected chi connectivity index (χ2v) is 4.77. The fourth-order valence-electron chi connectivity index (χ4n) is 1.25. The number of carboxylic acids is 2. The predicted octanol–water partition coefficient (Wildman–Crippen LogP) is 0.381. The molecule has 0 amide bonds. The van der Waals surface area contributed by atoms with Crippen molar-refractivity contribution in [2.75, 3.05) is 18.6 Å². The summed E-state index contributed by atoms with van der Waals surface area (Å²) < 4.78 is 5.40. The highest BCUT2D eigenvalue weighted by Crippen LogP contribution is 2.15. The number of rotatable bonds is 7. The largest absolute Gasteiger partial charge is 0.491 e. The molecule has 0 bridgehead atoms. The van der Waals surface area contributed by atoms with Gasteiger partial charge in [-0.25, -0.2) is 9.59 Å². The fourth-order valence-corrected chi connectivity index (χ4v) is 1.25. The van der Waals surface area contributed by atoms with Gasteiger partial charge in [0, 0.05) is 12.6 Å². The third-order valence-electron chi connectivity index (χ3n) is 2.37. The molecule has 0 radical (unpaired) electrons.